The van der Waals surface area contributed by atoms with Gasteiger partial charge in [-0.3, -0.25) is 19.9 Å². The smallest absolute Gasteiger partial charge is 0.0978 e. The highest BCUT2D eigenvalue weighted by Crippen LogP contribution is 2.55. The van der Waals surface area contributed by atoms with Gasteiger partial charge in [-0.1, -0.05) is 243 Å². The average molecular weight is 1450 g/mol. The summed E-state index contributed by atoms with van der Waals surface area (Å²) in [6, 6.07) is 111. The number of benzene rings is 11. The highest BCUT2D eigenvalue weighted by molar-refractivity contribution is 6.18. The Labute approximate surface area is 657 Å². The second-order valence-corrected chi connectivity index (χ2v) is 29.6. The fourth-order valence-corrected chi connectivity index (χ4v) is 17.7. The number of hydrogen-bond donors (Lipinski definition) is 0. The monoisotopic (exact) mass is 1450 g/mol. The fraction of sp³-hybridized carbons (Fsp3) is 0.0189. The number of pyridine rings is 8. The summed E-state index contributed by atoms with van der Waals surface area (Å²) in [6.45, 7) is 0. The molecule has 8 nitrogen and oxygen atoms in total. The third-order valence-corrected chi connectivity index (χ3v) is 23.0. The van der Waals surface area contributed by atoms with Crippen molar-refractivity contribution < 1.29 is 0 Å². The van der Waals surface area contributed by atoms with Crippen LogP contribution in [0.4, 0.5) is 0 Å². The van der Waals surface area contributed by atoms with Gasteiger partial charge >= 0.3 is 0 Å². The lowest BCUT2D eigenvalue weighted by molar-refractivity contribution is 0.569. The van der Waals surface area contributed by atoms with E-state index in [4.69, 9.17) is 29.9 Å². The van der Waals surface area contributed by atoms with Crippen LogP contribution in [-0.4, -0.2) is 39.9 Å². The normalized spacial score (nSPS) is 14.8. The number of hydrogen-bond acceptors (Lipinski definition) is 8. The molecule has 0 radical (unpaired) electrons. The van der Waals surface area contributed by atoms with E-state index < -0.39 is 0 Å². The van der Waals surface area contributed by atoms with Crippen molar-refractivity contribution in [3.63, 3.8) is 0 Å². The van der Waals surface area contributed by atoms with Crippen molar-refractivity contribution in [2.75, 3.05) is 0 Å². The molecule has 8 aromatic heterocycles. The highest BCUT2D eigenvalue weighted by Gasteiger charge is 2.41. The fourth-order valence-electron chi connectivity index (χ4n) is 17.7. The molecule has 0 amide bonds. The van der Waals surface area contributed by atoms with Crippen LogP contribution in [0.5, 0.6) is 0 Å². The molecule has 114 heavy (non-hydrogen) atoms. The maximum absolute atomic E-state index is 5.49. The second kappa shape index (κ2) is 27.5. The Kier molecular flexibility index (Phi) is 15.9. The van der Waals surface area contributed by atoms with Gasteiger partial charge in [-0.2, -0.15) is 0 Å². The minimum Gasteiger partial charge on any atom is -0.256 e. The summed E-state index contributed by atoms with van der Waals surface area (Å²) in [4.78, 5) is 40.1. The van der Waals surface area contributed by atoms with E-state index >= 15 is 0 Å². The van der Waals surface area contributed by atoms with Crippen molar-refractivity contribution in [3.05, 3.63) is 422 Å². The standard InChI is InChI=1S/C54H34N4.C52H32N4/c1-2-10-33(11-3-1)50-44-12-4-5-15-48(44)58-54-45(50)26-20-36-21-27-49(57-53(36)54)41-23-17-35-18-24-42-40(22-16-34-19-25-43(41)52(35)51(34)42)37-30-38(46-13-6-8-28-55-46)32-39(31-37)47-14-7-9-29-56-47;1-2-10-34(11-3-1)50-43-12-4-5-15-49(43)56-52-44(50)24-20-35-22-25-48(55-51(35)52)38-19-17-33-16-18-37-28-36(21-23-42(37)45(33)32-38)39-29-40(46-13-6-8-26-53-46)31-41(30-39)47-14-7-9-27-54-47/h1-32,51-52H;1-32H. The quantitative estimate of drug-likeness (QED) is 0.0985. The van der Waals surface area contributed by atoms with Crippen molar-refractivity contribution in [1.29, 1.82) is 0 Å². The zero-order valence-corrected chi connectivity index (χ0v) is 61.7. The third kappa shape index (κ3) is 11.5. The van der Waals surface area contributed by atoms with E-state index in [0.29, 0.717) is 0 Å². The molecule has 0 saturated carbocycles. The van der Waals surface area contributed by atoms with Crippen LogP contribution in [0.2, 0.25) is 0 Å². The minimum absolute atomic E-state index is 0.172. The van der Waals surface area contributed by atoms with Gasteiger partial charge in [0.25, 0.3) is 0 Å². The lowest BCUT2D eigenvalue weighted by Crippen LogP contribution is -2.30. The van der Waals surface area contributed by atoms with Gasteiger partial charge in [0, 0.05) is 113 Å². The van der Waals surface area contributed by atoms with Crippen LogP contribution in [0.3, 0.4) is 0 Å². The van der Waals surface area contributed by atoms with Crippen LogP contribution in [0, 0.1) is 11.8 Å². The molecule has 530 valence electrons. The Morgan fingerprint density at radius 3 is 1.24 bits per heavy atom. The van der Waals surface area contributed by atoms with Gasteiger partial charge in [-0.15, -0.1) is 0 Å². The first-order valence-corrected chi connectivity index (χ1v) is 38.7. The summed E-state index contributed by atoms with van der Waals surface area (Å²) in [7, 11) is 0. The van der Waals surface area contributed by atoms with E-state index in [1.165, 1.54) is 71.7 Å². The summed E-state index contributed by atoms with van der Waals surface area (Å²) in [5.41, 5.74) is 32.4. The first-order valence-electron chi connectivity index (χ1n) is 38.7. The van der Waals surface area contributed by atoms with Crippen LogP contribution in [0.1, 0.15) is 11.3 Å². The molecule has 11 aromatic carbocycles. The van der Waals surface area contributed by atoms with Crippen LogP contribution in [0.15, 0.2) is 411 Å². The zero-order chi connectivity index (χ0) is 75.2. The lowest BCUT2D eigenvalue weighted by Gasteiger charge is -2.42. The largest absolute Gasteiger partial charge is 0.256 e. The van der Waals surface area contributed by atoms with Crippen molar-refractivity contribution in [2.45, 2.75) is 0 Å². The van der Waals surface area contributed by atoms with E-state index in [1.54, 1.807) is 0 Å². The molecule has 4 aliphatic rings. The van der Waals surface area contributed by atoms with E-state index in [2.05, 4.69) is 325 Å². The molecular weight excluding hydrogens is 1390 g/mol. The maximum Gasteiger partial charge on any atom is 0.0978 e. The Morgan fingerprint density at radius 2 is 0.667 bits per heavy atom. The Bertz CT molecular complexity index is 7320. The summed E-state index contributed by atoms with van der Waals surface area (Å²) in [6.07, 6.45) is 25.9. The molecule has 4 aliphatic carbocycles. The van der Waals surface area contributed by atoms with Gasteiger partial charge < -0.3 is 0 Å². The average Bonchev–Trinajstić information content (AvgIpc) is 0.722. The number of aromatic nitrogens is 8. The first-order chi connectivity index (χ1) is 56.5. The topological polar surface area (TPSA) is 103 Å². The van der Waals surface area contributed by atoms with Crippen molar-refractivity contribution in [2.24, 2.45) is 11.8 Å². The van der Waals surface area contributed by atoms with Crippen LogP contribution < -0.4 is 0 Å². The van der Waals surface area contributed by atoms with E-state index in [-0.39, 0.29) is 11.8 Å². The van der Waals surface area contributed by atoms with Gasteiger partial charge in [0.15, 0.2) is 0 Å². The molecule has 0 N–H and O–H groups in total. The van der Waals surface area contributed by atoms with E-state index in [9.17, 15) is 0 Å². The summed E-state index contributed by atoms with van der Waals surface area (Å²) < 4.78 is 0. The molecule has 0 saturated heterocycles. The van der Waals surface area contributed by atoms with Gasteiger partial charge in [0.2, 0.25) is 0 Å². The maximum atomic E-state index is 5.49. The number of para-hydroxylation sites is 2. The third-order valence-electron chi connectivity index (χ3n) is 23.0. The zero-order valence-electron chi connectivity index (χ0n) is 61.7. The Hall–Kier alpha value is -15.1. The number of rotatable bonds is 10. The molecule has 0 spiro atoms. The Balaban J connectivity index is 0.000000139. The molecule has 2 atom stereocenters. The predicted octanol–water partition coefficient (Wildman–Crippen LogP) is 26.1. The molecule has 19 aromatic rings. The van der Waals surface area contributed by atoms with Gasteiger partial charge in [0.05, 0.1) is 67.3 Å². The van der Waals surface area contributed by atoms with Gasteiger partial charge in [0.1, 0.15) is 0 Å². The minimum atomic E-state index is 0.172. The number of nitrogens with zero attached hydrogens (tertiary/aromatic N) is 8. The highest BCUT2D eigenvalue weighted by atomic mass is 14.8. The number of fused-ring (bicyclic) bond motifs is 11. The molecule has 0 bridgehead atoms. The van der Waals surface area contributed by atoms with Crippen molar-refractivity contribution >= 4 is 98.1 Å². The summed E-state index contributed by atoms with van der Waals surface area (Å²) >= 11 is 0. The molecule has 23 rings (SSSR count). The summed E-state index contributed by atoms with van der Waals surface area (Å²) in [5, 5.41) is 11.4. The first kappa shape index (κ1) is 65.9. The van der Waals surface area contributed by atoms with Crippen molar-refractivity contribution in [3.8, 4) is 89.7 Å². The number of allylic oxidation sites excluding steroid dienone is 14. The van der Waals surface area contributed by atoms with E-state index in [0.717, 1.165) is 150 Å². The van der Waals surface area contributed by atoms with Gasteiger partial charge in [-0.25, -0.2) is 19.9 Å². The van der Waals surface area contributed by atoms with Crippen molar-refractivity contribution in [1.82, 2.24) is 39.9 Å². The molecule has 0 aliphatic heterocycles. The second-order valence-electron chi connectivity index (χ2n) is 29.6. The molecule has 8 heterocycles. The molecular formula is C106H66N8. The van der Waals surface area contributed by atoms with Gasteiger partial charge in [-0.05, 0) is 199 Å². The SMILES string of the molecule is C1=CC2=C(c3ccc4ccc5c(-c6ccccc6)c6ccccc6nc5c4n3)C=CC3=CC=C4C(c5cc(-c6ccccn6)cc(-c6ccccn6)c5)=CC=C1C4C32.c1ccc(-c2c3ccccc3nc3c2ccc2ccc(-c4ccc5ccc6cc(-c7cc(-c8ccccn8)cc(-c8ccccn8)c7)ccc6c5c4)nc23)cc1. The van der Waals surface area contributed by atoms with E-state index in [1.807, 2.05) is 73.3 Å². The summed E-state index contributed by atoms with van der Waals surface area (Å²) in [5.74, 6) is 0.352. The van der Waals surface area contributed by atoms with Crippen LogP contribution in [-0.2, 0) is 0 Å². The van der Waals surface area contributed by atoms with Crippen LogP contribution in [0.25, 0.3) is 188 Å². The molecule has 8 heteroatoms. The van der Waals surface area contributed by atoms with Crippen LogP contribution >= 0.6 is 0 Å². The predicted molar refractivity (Wildman–Crippen MR) is 470 cm³/mol. The molecule has 0 fully saturated rings. The molecule has 2 unspecified atom stereocenters. The lowest BCUT2D eigenvalue weighted by atomic mass is 9.61. The Morgan fingerprint density at radius 1 is 0.219 bits per heavy atom.